The lowest BCUT2D eigenvalue weighted by Crippen LogP contribution is -2.28. The van der Waals surface area contributed by atoms with E-state index < -0.39 is 38.0 Å². The molecule has 2 aliphatic carbocycles. The summed E-state index contributed by atoms with van der Waals surface area (Å²) in [6.07, 6.45) is -3.67. The fourth-order valence-corrected chi connectivity index (χ4v) is 4.79. The maximum atomic E-state index is 10.9. The van der Waals surface area contributed by atoms with Crippen LogP contribution in [0.25, 0.3) is 0 Å². The van der Waals surface area contributed by atoms with Crippen molar-refractivity contribution < 1.29 is 33.1 Å². The normalized spacial score (nSPS) is 32.4. The zero-order valence-corrected chi connectivity index (χ0v) is 16.1. The van der Waals surface area contributed by atoms with E-state index in [4.69, 9.17) is 18.1 Å². The molecule has 0 radical (unpaired) electrons. The first kappa shape index (κ1) is 14.4. The first-order valence-corrected chi connectivity index (χ1v) is 10.1. The number of rotatable bonds is 10. The third kappa shape index (κ3) is 5.06. The number of carbonyl (C=O) groups is 1. The first-order chi connectivity index (χ1) is 15.7. The molecule has 5 nitrogen and oxygen atoms in total. The minimum Gasteiger partial charge on any atom is -0.482 e. The Labute approximate surface area is 176 Å². The molecule has 0 spiro atoms. The molecular formula is C23H34O5. The Morgan fingerprint density at radius 3 is 3.07 bits per heavy atom. The van der Waals surface area contributed by atoms with Gasteiger partial charge in [0.1, 0.15) is 5.75 Å². The van der Waals surface area contributed by atoms with E-state index in [2.05, 4.69) is 0 Å². The summed E-state index contributed by atoms with van der Waals surface area (Å²) in [5.74, 6) is -0.450. The van der Waals surface area contributed by atoms with Crippen molar-refractivity contribution in [1.82, 2.24) is 0 Å². The highest BCUT2D eigenvalue weighted by molar-refractivity contribution is 5.68. The summed E-state index contributed by atoms with van der Waals surface area (Å²) in [4.78, 5) is 10.9. The van der Waals surface area contributed by atoms with Gasteiger partial charge in [-0.3, -0.25) is 0 Å². The van der Waals surface area contributed by atoms with Crippen molar-refractivity contribution in [3.8, 4) is 5.75 Å². The fraction of sp³-hybridized carbons (Fsp3) is 0.696. The highest BCUT2D eigenvalue weighted by atomic mass is 16.5. The van der Waals surface area contributed by atoms with Crippen molar-refractivity contribution in [3.05, 3.63) is 29.3 Å². The van der Waals surface area contributed by atoms with Gasteiger partial charge in [0.25, 0.3) is 0 Å². The molecule has 0 heterocycles. The lowest BCUT2D eigenvalue weighted by Gasteiger charge is -2.32. The van der Waals surface area contributed by atoms with Crippen molar-refractivity contribution in [1.29, 1.82) is 0 Å². The summed E-state index contributed by atoms with van der Waals surface area (Å²) in [5.41, 5.74) is 1.99. The molecule has 0 aliphatic heterocycles. The number of carboxylic acid groups (broad SMARTS) is 1. The van der Waals surface area contributed by atoms with Crippen molar-refractivity contribution in [2.24, 2.45) is 17.8 Å². The van der Waals surface area contributed by atoms with E-state index in [1.165, 1.54) is 0 Å². The van der Waals surface area contributed by atoms with Crippen LogP contribution in [0.3, 0.4) is 0 Å². The van der Waals surface area contributed by atoms with Crippen LogP contribution in [0.15, 0.2) is 18.2 Å². The minimum absolute atomic E-state index is 0.0461. The number of aliphatic hydroxyl groups excluding tert-OH is 1. The maximum absolute atomic E-state index is 10.9. The van der Waals surface area contributed by atoms with Crippen molar-refractivity contribution in [2.75, 3.05) is 6.61 Å². The third-order valence-electron chi connectivity index (χ3n) is 6.09. The minimum atomic E-state index is -2.38. The van der Waals surface area contributed by atoms with Crippen LogP contribution in [0.5, 0.6) is 5.75 Å². The average Bonchev–Trinajstić information content (AvgIpc) is 3.01. The molecule has 1 aromatic carbocycles. The molecule has 156 valence electrons. The van der Waals surface area contributed by atoms with Gasteiger partial charge in [-0.2, -0.15) is 0 Å². The second kappa shape index (κ2) is 9.75. The molecule has 1 fully saturated rings. The number of hydrogen-bond acceptors (Lipinski definition) is 4. The Balaban J connectivity index is 1.65. The van der Waals surface area contributed by atoms with Crippen LogP contribution >= 0.6 is 0 Å². The molecule has 1 saturated carbocycles. The Bertz CT molecular complexity index is 872. The summed E-state index contributed by atoms with van der Waals surface area (Å²) >= 11 is 0. The Morgan fingerprint density at radius 2 is 2.29 bits per heavy atom. The molecule has 3 rings (SSSR count). The highest BCUT2D eigenvalue weighted by Gasteiger charge is 2.44. The zero-order valence-electron chi connectivity index (χ0n) is 22.1. The molecule has 5 atom stereocenters. The van der Waals surface area contributed by atoms with Gasteiger partial charge in [0.2, 0.25) is 0 Å². The molecule has 28 heavy (non-hydrogen) atoms. The molecule has 0 saturated heterocycles. The van der Waals surface area contributed by atoms with Gasteiger partial charge in [-0.15, -0.1) is 0 Å². The lowest BCUT2D eigenvalue weighted by molar-refractivity contribution is -0.139. The SMILES string of the molecule is [2H]C([2H])([2H])CCCC([2H])([2H])[C@@]([2H])(O)CC[C@@H]1[C@H]2Cc3cccc(OCC(=O)O)c3C[C@H]2C[C@H]1O. The van der Waals surface area contributed by atoms with Crippen molar-refractivity contribution >= 4 is 5.97 Å². The number of carboxylic acids is 1. The predicted octanol–water partition coefficient (Wildman–Crippen LogP) is 3.58. The zero-order chi connectivity index (χ0) is 25.3. The second-order valence-corrected chi connectivity index (χ2v) is 7.89. The van der Waals surface area contributed by atoms with Gasteiger partial charge in [-0.25, -0.2) is 4.79 Å². The smallest absolute Gasteiger partial charge is 0.341 e. The van der Waals surface area contributed by atoms with Crippen LogP contribution in [0.2, 0.25) is 0 Å². The fourth-order valence-electron chi connectivity index (χ4n) is 4.79. The van der Waals surface area contributed by atoms with E-state index >= 15 is 0 Å². The number of ether oxygens (including phenoxy) is 1. The second-order valence-electron chi connectivity index (χ2n) is 7.89. The Hall–Kier alpha value is -1.59. The van der Waals surface area contributed by atoms with Crippen LogP contribution in [0.4, 0.5) is 0 Å². The van der Waals surface area contributed by atoms with E-state index in [0.717, 1.165) is 11.1 Å². The summed E-state index contributed by atoms with van der Waals surface area (Å²) in [5, 5.41) is 30.3. The summed E-state index contributed by atoms with van der Waals surface area (Å²) in [6.45, 7) is -2.60. The van der Waals surface area contributed by atoms with Crippen LogP contribution < -0.4 is 4.74 Å². The number of hydrogen-bond donors (Lipinski definition) is 3. The van der Waals surface area contributed by atoms with Gasteiger partial charge in [0.05, 0.1) is 13.6 Å². The van der Waals surface area contributed by atoms with Crippen molar-refractivity contribution in [2.45, 2.75) is 76.8 Å². The molecule has 0 aromatic heterocycles. The molecule has 0 unspecified atom stereocenters. The van der Waals surface area contributed by atoms with E-state index in [-0.39, 0.29) is 49.9 Å². The van der Waals surface area contributed by atoms with E-state index in [9.17, 15) is 15.0 Å². The molecule has 3 N–H and O–H groups in total. The van der Waals surface area contributed by atoms with Gasteiger partial charge in [-0.1, -0.05) is 38.2 Å². The monoisotopic (exact) mass is 396 g/mol. The predicted molar refractivity (Wildman–Crippen MR) is 107 cm³/mol. The van der Waals surface area contributed by atoms with Gasteiger partial charge in [0, 0.05) is 6.85 Å². The number of benzene rings is 1. The summed E-state index contributed by atoms with van der Waals surface area (Å²) < 4.78 is 51.8. The standard InChI is InChI=1S/C23H34O5/c1-2-3-4-7-17(24)9-10-18-19-11-15-6-5-8-22(28-14-23(26)27)20(15)12-16(19)13-21(18)25/h5-6,8,16-19,21,24-25H,2-4,7,9-14H2,1H3,(H,26,27)/t16-,17+,18+,19-,21+/m0/s1/i1D3,7D2,17D. The quantitative estimate of drug-likeness (QED) is 0.563. The largest absolute Gasteiger partial charge is 0.482 e. The van der Waals surface area contributed by atoms with E-state index in [1.807, 2.05) is 12.1 Å². The summed E-state index contributed by atoms with van der Waals surface area (Å²) in [6, 6.07) is 5.53. The lowest BCUT2D eigenvalue weighted by atomic mass is 9.73. The van der Waals surface area contributed by atoms with E-state index in [0.29, 0.717) is 25.0 Å². The van der Waals surface area contributed by atoms with Gasteiger partial charge < -0.3 is 20.1 Å². The van der Waals surface area contributed by atoms with Crippen LogP contribution in [0, 0.1) is 17.8 Å². The first-order valence-electron chi connectivity index (χ1n) is 13.1. The molecule has 0 amide bonds. The molecule has 2 aliphatic rings. The molecule has 0 bridgehead atoms. The van der Waals surface area contributed by atoms with Gasteiger partial charge in [-0.05, 0) is 73.4 Å². The molecule has 5 heteroatoms. The number of aliphatic hydroxyl groups is 2. The number of aliphatic carboxylic acids is 1. The average molecular weight is 397 g/mol. The van der Waals surface area contributed by atoms with E-state index in [1.54, 1.807) is 6.07 Å². The Morgan fingerprint density at radius 1 is 1.43 bits per heavy atom. The third-order valence-corrected chi connectivity index (χ3v) is 6.09. The van der Waals surface area contributed by atoms with Crippen LogP contribution in [-0.2, 0) is 17.6 Å². The molecular weight excluding hydrogens is 356 g/mol. The number of fused-ring (bicyclic) bond motifs is 2. The Kier molecular flexibility index (Phi) is 5.01. The summed E-state index contributed by atoms with van der Waals surface area (Å²) in [7, 11) is 0. The topological polar surface area (TPSA) is 87.0 Å². The highest BCUT2D eigenvalue weighted by Crippen LogP contribution is 2.48. The van der Waals surface area contributed by atoms with Crippen molar-refractivity contribution in [3.63, 3.8) is 0 Å². The van der Waals surface area contributed by atoms with Gasteiger partial charge >= 0.3 is 5.97 Å². The van der Waals surface area contributed by atoms with Crippen LogP contribution in [-0.4, -0.2) is 40.1 Å². The van der Waals surface area contributed by atoms with Crippen LogP contribution in [0.1, 0.15) is 71.1 Å². The van der Waals surface area contributed by atoms with Gasteiger partial charge in [0.15, 0.2) is 6.61 Å². The maximum Gasteiger partial charge on any atom is 0.341 e. The molecule has 1 aromatic rings.